The van der Waals surface area contributed by atoms with Crippen molar-refractivity contribution >= 4 is 11.6 Å². The van der Waals surface area contributed by atoms with Gasteiger partial charge >= 0.3 is 0 Å². The van der Waals surface area contributed by atoms with E-state index in [0.717, 1.165) is 12.1 Å². The van der Waals surface area contributed by atoms with Gasteiger partial charge in [-0.25, -0.2) is 8.78 Å². The fourth-order valence-corrected chi connectivity index (χ4v) is 1.96. The summed E-state index contributed by atoms with van der Waals surface area (Å²) in [5.41, 5.74) is 0.280. The summed E-state index contributed by atoms with van der Waals surface area (Å²) in [5, 5.41) is 12.2. The van der Waals surface area contributed by atoms with Crippen LogP contribution in [-0.2, 0) is 4.79 Å². The van der Waals surface area contributed by atoms with Gasteiger partial charge in [-0.15, -0.1) is 0 Å². The number of β-amino-alcohol motifs (C(OH)–C–C–N with tert-alkyl or cyclic N) is 1. The number of hydrogen-bond donors (Lipinski definition) is 2. The zero-order valence-corrected chi connectivity index (χ0v) is 9.86. The molecule has 0 saturated carbocycles. The third kappa shape index (κ3) is 2.49. The van der Waals surface area contributed by atoms with Crippen molar-refractivity contribution in [1.82, 2.24) is 5.32 Å². The van der Waals surface area contributed by atoms with Gasteiger partial charge in [0.25, 0.3) is 0 Å². The van der Waals surface area contributed by atoms with Crippen molar-refractivity contribution in [2.45, 2.75) is 18.6 Å². The molecule has 98 valence electrons. The van der Waals surface area contributed by atoms with Crippen LogP contribution in [0.15, 0.2) is 18.2 Å². The van der Waals surface area contributed by atoms with E-state index in [0.29, 0.717) is 13.0 Å². The summed E-state index contributed by atoms with van der Waals surface area (Å²) in [6.45, 7) is 0.363. The lowest BCUT2D eigenvalue weighted by molar-refractivity contribution is -0.120. The number of rotatable bonds is 2. The molecule has 0 unspecified atom stereocenters. The lowest BCUT2D eigenvalue weighted by Crippen LogP contribution is -2.41. The van der Waals surface area contributed by atoms with Crippen LogP contribution >= 0.6 is 0 Å². The molecule has 1 amide bonds. The van der Waals surface area contributed by atoms with Crippen LogP contribution in [0.1, 0.15) is 6.42 Å². The van der Waals surface area contributed by atoms with Crippen LogP contribution < -0.4 is 10.2 Å². The van der Waals surface area contributed by atoms with Gasteiger partial charge in [-0.05, 0) is 18.6 Å². The van der Waals surface area contributed by atoms with Crippen LogP contribution in [0.2, 0.25) is 0 Å². The minimum Gasteiger partial charge on any atom is -0.392 e. The molecule has 1 aromatic carbocycles. The van der Waals surface area contributed by atoms with E-state index in [2.05, 4.69) is 5.32 Å². The third-order valence-electron chi connectivity index (χ3n) is 3.03. The van der Waals surface area contributed by atoms with E-state index < -0.39 is 23.8 Å². The maximum absolute atomic E-state index is 13.1. The van der Waals surface area contributed by atoms with E-state index in [1.807, 2.05) is 0 Å². The van der Waals surface area contributed by atoms with Gasteiger partial charge in [0.05, 0.1) is 12.1 Å². The molecular weight excluding hydrogens is 242 g/mol. The molecule has 0 aromatic heterocycles. The predicted octanol–water partition coefficient (Wildman–Crippen LogP) is 0.650. The molecule has 0 aliphatic carbocycles. The summed E-state index contributed by atoms with van der Waals surface area (Å²) in [5.74, 6) is -2.22. The Balaban J connectivity index is 2.12. The van der Waals surface area contributed by atoms with Crippen LogP contribution in [0.5, 0.6) is 0 Å². The summed E-state index contributed by atoms with van der Waals surface area (Å²) >= 11 is 0. The van der Waals surface area contributed by atoms with Gasteiger partial charge in [0.2, 0.25) is 5.91 Å². The largest absolute Gasteiger partial charge is 0.392 e. The lowest BCUT2D eigenvalue weighted by Gasteiger charge is -2.21. The monoisotopic (exact) mass is 256 g/mol. The van der Waals surface area contributed by atoms with Gasteiger partial charge in [0, 0.05) is 25.3 Å². The van der Waals surface area contributed by atoms with Crippen LogP contribution in [0, 0.1) is 11.6 Å². The zero-order chi connectivity index (χ0) is 13.3. The molecule has 0 spiro atoms. The number of halogens is 2. The molecule has 6 heteroatoms. The second-order valence-corrected chi connectivity index (χ2v) is 4.35. The van der Waals surface area contributed by atoms with Crippen LogP contribution in [0.25, 0.3) is 0 Å². The summed E-state index contributed by atoms with van der Waals surface area (Å²) in [6.07, 6.45) is -0.218. The first-order valence-electron chi connectivity index (χ1n) is 5.63. The first kappa shape index (κ1) is 12.9. The molecule has 4 nitrogen and oxygen atoms in total. The number of nitrogens with zero attached hydrogens (tertiary/aromatic N) is 1. The van der Waals surface area contributed by atoms with E-state index in [1.54, 1.807) is 0 Å². The van der Waals surface area contributed by atoms with E-state index in [4.69, 9.17) is 0 Å². The minimum atomic E-state index is -0.994. The summed E-state index contributed by atoms with van der Waals surface area (Å²) in [7, 11) is 1.49. The normalized spacial score (nSPS) is 23.1. The number of benzene rings is 1. The number of aliphatic hydroxyl groups excluding tert-OH is 1. The highest BCUT2D eigenvalue weighted by Crippen LogP contribution is 2.19. The Bertz CT molecular complexity index is 467. The van der Waals surface area contributed by atoms with Gasteiger partial charge in [0.15, 0.2) is 11.6 Å². The smallest absolute Gasteiger partial charge is 0.243 e. The highest BCUT2D eigenvalue weighted by atomic mass is 19.2. The maximum atomic E-state index is 13.1. The van der Waals surface area contributed by atoms with Crippen molar-refractivity contribution < 1.29 is 18.7 Å². The number of amides is 1. The van der Waals surface area contributed by atoms with Gasteiger partial charge in [-0.2, -0.15) is 0 Å². The minimum absolute atomic E-state index is 0.280. The fourth-order valence-electron chi connectivity index (χ4n) is 1.96. The number of carbonyl (C=O) groups excluding carboxylic acids is 1. The number of carbonyl (C=O) groups is 1. The predicted molar refractivity (Wildman–Crippen MR) is 62.2 cm³/mol. The second kappa shape index (κ2) is 4.99. The highest BCUT2D eigenvalue weighted by molar-refractivity contribution is 5.96. The quantitative estimate of drug-likeness (QED) is 0.817. The highest BCUT2D eigenvalue weighted by Gasteiger charge is 2.30. The van der Waals surface area contributed by atoms with Crippen molar-refractivity contribution in [2.75, 3.05) is 18.5 Å². The lowest BCUT2D eigenvalue weighted by atomic mass is 10.1. The zero-order valence-electron chi connectivity index (χ0n) is 9.86. The Morgan fingerprint density at radius 2 is 2.17 bits per heavy atom. The molecule has 18 heavy (non-hydrogen) atoms. The third-order valence-corrected chi connectivity index (χ3v) is 3.03. The topological polar surface area (TPSA) is 52.6 Å². The first-order chi connectivity index (χ1) is 8.49. The second-order valence-electron chi connectivity index (χ2n) is 4.35. The average molecular weight is 256 g/mol. The van der Waals surface area contributed by atoms with Crippen LogP contribution in [0.3, 0.4) is 0 Å². The molecule has 2 atom stereocenters. The molecule has 1 aliphatic heterocycles. The average Bonchev–Trinajstić information content (AvgIpc) is 2.77. The molecule has 0 bridgehead atoms. The first-order valence-corrected chi connectivity index (χ1v) is 5.63. The molecule has 1 aliphatic rings. The van der Waals surface area contributed by atoms with Crippen LogP contribution in [-0.4, -0.2) is 36.8 Å². The van der Waals surface area contributed by atoms with Gasteiger partial charge in [-0.3, -0.25) is 4.79 Å². The van der Waals surface area contributed by atoms with Crippen molar-refractivity contribution in [1.29, 1.82) is 0 Å². The Morgan fingerprint density at radius 1 is 1.44 bits per heavy atom. The molecule has 1 saturated heterocycles. The number of anilines is 1. The van der Waals surface area contributed by atoms with Gasteiger partial charge in [0.1, 0.15) is 0 Å². The van der Waals surface area contributed by atoms with Crippen molar-refractivity contribution in [3.05, 3.63) is 29.8 Å². The van der Waals surface area contributed by atoms with Gasteiger partial charge in [-0.1, -0.05) is 0 Å². The summed E-state index contributed by atoms with van der Waals surface area (Å²) in [4.78, 5) is 13.3. The number of nitrogens with one attached hydrogen (secondary N) is 1. The molecule has 2 rings (SSSR count). The van der Waals surface area contributed by atoms with Crippen molar-refractivity contribution in [3.8, 4) is 0 Å². The number of likely N-dealkylation sites (N-methyl/N-ethyl adjacent to an activating group) is 1. The molecular formula is C12H14F2N2O2. The SMILES string of the molecule is CN(C(=O)[C@@H]1C[C@H](O)CN1)c1ccc(F)c(F)c1. The Kier molecular flexibility index (Phi) is 3.58. The number of hydrogen-bond acceptors (Lipinski definition) is 3. The van der Waals surface area contributed by atoms with E-state index >= 15 is 0 Å². The molecule has 0 radical (unpaired) electrons. The Labute approximate surface area is 103 Å². The molecule has 1 aromatic rings. The molecule has 1 heterocycles. The summed E-state index contributed by atoms with van der Waals surface area (Å²) < 4.78 is 25.9. The fraction of sp³-hybridized carbons (Fsp3) is 0.417. The van der Waals surface area contributed by atoms with Gasteiger partial charge < -0.3 is 15.3 Å². The standard InChI is InChI=1S/C12H14F2N2O2/c1-16(7-2-3-9(13)10(14)4-7)12(18)11-5-8(17)6-15-11/h2-4,8,11,15,17H,5-6H2,1H3/t8-,11-/m0/s1. The van der Waals surface area contributed by atoms with E-state index in [1.165, 1.54) is 18.0 Å². The maximum Gasteiger partial charge on any atom is 0.243 e. The van der Waals surface area contributed by atoms with Crippen LogP contribution in [0.4, 0.5) is 14.5 Å². The summed E-state index contributed by atoms with van der Waals surface area (Å²) in [6, 6.07) is 2.80. The molecule has 2 N–H and O–H groups in total. The van der Waals surface area contributed by atoms with E-state index in [9.17, 15) is 18.7 Å². The number of aliphatic hydroxyl groups is 1. The van der Waals surface area contributed by atoms with E-state index in [-0.39, 0.29) is 11.6 Å². The van der Waals surface area contributed by atoms with Crippen molar-refractivity contribution in [3.63, 3.8) is 0 Å². The van der Waals surface area contributed by atoms with Crippen molar-refractivity contribution in [2.24, 2.45) is 0 Å². The Morgan fingerprint density at radius 3 is 2.72 bits per heavy atom. The molecule has 1 fully saturated rings. The Hall–Kier alpha value is -1.53.